The van der Waals surface area contributed by atoms with Gasteiger partial charge in [0, 0.05) is 24.0 Å². The SMILES string of the molecule is Cc1cc(C=NCC(C)(C)C)c(N)cc1F. The molecule has 2 nitrogen and oxygen atoms in total. The van der Waals surface area contributed by atoms with Crippen molar-refractivity contribution in [2.75, 3.05) is 12.3 Å². The molecule has 0 heterocycles. The van der Waals surface area contributed by atoms with Gasteiger partial charge in [-0.1, -0.05) is 20.8 Å². The number of benzene rings is 1. The summed E-state index contributed by atoms with van der Waals surface area (Å²) in [6.07, 6.45) is 1.72. The molecule has 0 saturated carbocycles. The third-order valence-corrected chi connectivity index (χ3v) is 2.16. The molecular formula is C13H19FN2. The Kier molecular flexibility index (Phi) is 3.68. The molecule has 0 aliphatic carbocycles. The van der Waals surface area contributed by atoms with Crippen molar-refractivity contribution in [2.24, 2.45) is 10.4 Å². The van der Waals surface area contributed by atoms with Crippen LogP contribution in [0.2, 0.25) is 0 Å². The van der Waals surface area contributed by atoms with Crippen LogP contribution in [0, 0.1) is 18.2 Å². The Hall–Kier alpha value is -1.38. The molecule has 0 saturated heterocycles. The Balaban J connectivity index is 2.86. The van der Waals surface area contributed by atoms with Crippen molar-refractivity contribution >= 4 is 11.9 Å². The average molecular weight is 222 g/mol. The first-order chi connectivity index (χ1) is 7.29. The Morgan fingerprint density at radius 2 is 2.00 bits per heavy atom. The second-order valence-corrected chi connectivity index (χ2v) is 5.26. The summed E-state index contributed by atoms with van der Waals surface area (Å²) in [7, 11) is 0. The molecule has 0 spiro atoms. The molecule has 1 aromatic rings. The zero-order chi connectivity index (χ0) is 12.3. The van der Waals surface area contributed by atoms with E-state index in [1.165, 1.54) is 6.07 Å². The quantitative estimate of drug-likeness (QED) is 0.605. The van der Waals surface area contributed by atoms with Gasteiger partial charge in [0.25, 0.3) is 0 Å². The van der Waals surface area contributed by atoms with Crippen molar-refractivity contribution in [1.82, 2.24) is 0 Å². The molecule has 3 heteroatoms. The average Bonchev–Trinajstić information content (AvgIpc) is 2.11. The minimum absolute atomic E-state index is 0.153. The van der Waals surface area contributed by atoms with Gasteiger partial charge in [-0.2, -0.15) is 0 Å². The Morgan fingerprint density at radius 3 is 2.56 bits per heavy atom. The van der Waals surface area contributed by atoms with Gasteiger partial charge in [0.2, 0.25) is 0 Å². The smallest absolute Gasteiger partial charge is 0.128 e. The standard InChI is InChI=1S/C13H19FN2/c1-9-5-10(12(15)6-11(9)14)7-16-8-13(2,3)4/h5-7H,8,15H2,1-4H3. The molecule has 0 aromatic heterocycles. The monoisotopic (exact) mass is 222 g/mol. The molecule has 16 heavy (non-hydrogen) atoms. The van der Waals surface area contributed by atoms with E-state index < -0.39 is 0 Å². The van der Waals surface area contributed by atoms with Crippen LogP contribution in [0.4, 0.5) is 10.1 Å². The van der Waals surface area contributed by atoms with E-state index in [2.05, 4.69) is 25.8 Å². The van der Waals surface area contributed by atoms with E-state index in [4.69, 9.17) is 5.73 Å². The lowest BCUT2D eigenvalue weighted by Gasteiger charge is -2.14. The van der Waals surface area contributed by atoms with Crippen molar-refractivity contribution in [2.45, 2.75) is 27.7 Å². The summed E-state index contributed by atoms with van der Waals surface area (Å²) in [5, 5.41) is 0. The van der Waals surface area contributed by atoms with Crippen molar-refractivity contribution in [3.05, 3.63) is 29.1 Å². The molecule has 0 bridgehead atoms. The van der Waals surface area contributed by atoms with E-state index in [9.17, 15) is 4.39 Å². The summed E-state index contributed by atoms with van der Waals surface area (Å²) in [4.78, 5) is 4.32. The van der Waals surface area contributed by atoms with Crippen LogP contribution in [0.15, 0.2) is 17.1 Å². The van der Waals surface area contributed by atoms with Gasteiger partial charge in [0.1, 0.15) is 5.82 Å². The van der Waals surface area contributed by atoms with Gasteiger partial charge < -0.3 is 5.73 Å². The molecule has 88 valence electrons. The second-order valence-electron chi connectivity index (χ2n) is 5.26. The first kappa shape index (κ1) is 12.7. The third-order valence-electron chi connectivity index (χ3n) is 2.16. The molecule has 0 fully saturated rings. The molecule has 1 rings (SSSR count). The summed E-state index contributed by atoms with van der Waals surface area (Å²) in [5.41, 5.74) is 7.66. The number of hydrogen-bond donors (Lipinski definition) is 1. The van der Waals surface area contributed by atoms with Crippen LogP contribution in [0.3, 0.4) is 0 Å². The third kappa shape index (κ3) is 3.65. The number of anilines is 1. The largest absolute Gasteiger partial charge is 0.398 e. The van der Waals surface area contributed by atoms with E-state index in [0.29, 0.717) is 11.3 Å². The van der Waals surface area contributed by atoms with E-state index in [-0.39, 0.29) is 11.2 Å². The maximum absolute atomic E-state index is 13.1. The first-order valence-electron chi connectivity index (χ1n) is 5.35. The number of aryl methyl sites for hydroxylation is 1. The van der Waals surface area contributed by atoms with Crippen LogP contribution in [0.25, 0.3) is 0 Å². The normalized spacial score (nSPS) is 12.3. The highest BCUT2D eigenvalue weighted by Crippen LogP contribution is 2.17. The lowest BCUT2D eigenvalue weighted by atomic mass is 9.97. The lowest BCUT2D eigenvalue weighted by molar-refractivity contribution is 0.430. The number of aliphatic imine (C=N–C) groups is 1. The van der Waals surface area contributed by atoms with E-state index >= 15 is 0 Å². The number of nitrogens with two attached hydrogens (primary N) is 1. The zero-order valence-corrected chi connectivity index (χ0v) is 10.3. The highest BCUT2D eigenvalue weighted by atomic mass is 19.1. The van der Waals surface area contributed by atoms with Gasteiger partial charge in [0.15, 0.2) is 0 Å². The van der Waals surface area contributed by atoms with Crippen molar-refractivity contribution < 1.29 is 4.39 Å². The number of rotatable bonds is 2. The zero-order valence-electron chi connectivity index (χ0n) is 10.3. The summed E-state index contributed by atoms with van der Waals surface area (Å²) >= 11 is 0. The minimum Gasteiger partial charge on any atom is -0.398 e. The van der Waals surface area contributed by atoms with Crippen LogP contribution < -0.4 is 5.73 Å². The minimum atomic E-state index is -0.273. The van der Waals surface area contributed by atoms with Crippen LogP contribution in [0.5, 0.6) is 0 Å². The topological polar surface area (TPSA) is 38.4 Å². The molecule has 0 unspecified atom stereocenters. The van der Waals surface area contributed by atoms with Crippen molar-refractivity contribution in [3.8, 4) is 0 Å². The Morgan fingerprint density at radius 1 is 1.38 bits per heavy atom. The lowest BCUT2D eigenvalue weighted by Crippen LogP contribution is -2.09. The Bertz CT molecular complexity index is 403. The molecular weight excluding hydrogens is 203 g/mol. The fourth-order valence-corrected chi connectivity index (χ4v) is 1.25. The summed E-state index contributed by atoms with van der Waals surface area (Å²) in [6.45, 7) is 8.79. The van der Waals surface area contributed by atoms with Crippen LogP contribution in [0.1, 0.15) is 31.9 Å². The van der Waals surface area contributed by atoms with Crippen LogP contribution in [-0.2, 0) is 0 Å². The number of nitrogen functional groups attached to an aromatic ring is 1. The van der Waals surface area contributed by atoms with Gasteiger partial charge in [-0.05, 0) is 30.0 Å². The molecule has 1 aromatic carbocycles. The molecule has 0 atom stereocenters. The highest BCUT2D eigenvalue weighted by Gasteiger charge is 2.08. The van der Waals surface area contributed by atoms with Gasteiger partial charge >= 0.3 is 0 Å². The maximum Gasteiger partial charge on any atom is 0.128 e. The highest BCUT2D eigenvalue weighted by molar-refractivity contribution is 5.87. The van der Waals surface area contributed by atoms with Gasteiger partial charge in [-0.3, -0.25) is 4.99 Å². The van der Waals surface area contributed by atoms with E-state index in [1.54, 1.807) is 19.2 Å². The number of halogens is 1. The van der Waals surface area contributed by atoms with Gasteiger partial charge in [-0.15, -0.1) is 0 Å². The van der Waals surface area contributed by atoms with E-state index in [1.807, 2.05) is 0 Å². The number of hydrogen-bond acceptors (Lipinski definition) is 2. The summed E-state index contributed by atoms with van der Waals surface area (Å²) < 4.78 is 13.1. The molecule has 0 radical (unpaired) electrons. The maximum atomic E-state index is 13.1. The fraction of sp³-hybridized carbons (Fsp3) is 0.462. The van der Waals surface area contributed by atoms with Gasteiger partial charge in [0.05, 0.1) is 0 Å². The van der Waals surface area contributed by atoms with Crippen LogP contribution in [-0.4, -0.2) is 12.8 Å². The fourth-order valence-electron chi connectivity index (χ4n) is 1.25. The van der Waals surface area contributed by atoms with Crippen molar-refractivity contribution in [3.63, 3.8) is 0 Å². The van der Waals surface area contributed by atoms with E-state index in [0.717, 1.165) is 12.1 Å². The second kappa shape index (κ2) is 4.64. The van der Waals surface area contributed by atoms with Crippen LogP contribution >= 0.6 is 0 Å². The molecule has 0 aliphatic rings. The number of nitrogens with zero attached hydrogens (tertiary/aromatic N) is 1. The summed E-state index contributed by atoms with van der Waals surface area (Å²) in [6, 6.07) is 3.06. The predicted octanol–water partition coefficient (Wildman–Crippen LogP) is 3.18. The summed E-state index contributed by atoms with van der Waals surface area (Å²) in [5.74, 6) is -0.273. The molecule has 2 N–H and O–H groups in total. The molecule has 0 aliphatic heterocycles. The predicted molar refractivity (Wildman–Crippen MR) is 67.5 cm³/mol. The first-order valence-corrected chi connectivity index (χ1v) is 5.35. The Labute approximate surface area is 96.4 Å². The van der Waals surface area contributed by atoms with Crippen molar-refractivity contribution in [1.29, 1.82) is 0 Å². The van der Waals surface area contributed by atoms with Gasteiger partial charge in [-0.25, -0.2) is 4.39 Å². The molecule has 0 amide bonds.